The van der Waals surface area contributed by atoms with Crippen LogP contribution in [0.25, 0.3) is 0 Å². The Bertz CT molecular complexity index is 1140. The molecule has 1 heterocycles. The molecule has 1 fully saturated rings. The summed E-state index contributed by atoms with van der Waals surface area (Å²) in [6.45, 7) is 2.12. The van der Waals surface area contributed by atoms with E-state index in [0.717, 1.165) is 0 Å². The Morgan fingerprint density at radius 1 is 1.06 bits per heavy atom. The summed E-state index contributed by atoms with van der Waals surface area (Å²) in [6, 6.07) is 13.7. The van der Waals surface area contributed by atoms with Crippen LogP contribution in [0.15, 0.2) is 53.4 Å². The molecular formula is C21H21ClN4O4S. The second-order valence-corrected chi connectivity index (χ2v) is 9.33. The van der Waals surface area contributed by atoms with E-state index in [4.69, 9.17) is 11.6 Å². The number of rotatable bonds is 5. The minimum atomic E-state index is -3.85. The number of nitrogens with zero attached hydrogens (tertiary/aromatic N) is 3. The smallest absolute Gasteiger partial charge is 0.253 e. The van der Waals surface area contributed by atoms with Gasteiger partial charge in [0.2, 0.25) is 15.9 Å². The molecule has 2 aromatic rings. The molecule has 0 saturated carbocycles. The van der Waals surface area contributed by atoms with Gasteiger partial charge in [-0.2, -0.15) is 9.57 Å². The second-order valence-electron chi connectivity index (χ2n) is 7.01. The highest BCUT2D eigenvalue weighted by atomic mass is 35.5. The molecule has 31 heavy (non-hydrogen) atoms. The molecule has 1 aliphatic rings. The third kappa shape index (κ3) is 4.88. The predicted molar refractivity (Wildman–Crippen MR) is 115 cm³/mol. The first-order valence-electron chi connectivity index (χ1n) is 9.59. The number of hydrogen-bond donors (Lipinski definition) is 1. The van der Waals surface area contributed by atoms with Gasteiger partial charge in [0.05, 0.1) is 21.0 Å². The topological polar surface area (TPSA) is 111 Å². The number of piperazine rings is 1. The molecule has 0 radical (unpaired) electrons. The van der Waals surface area contributed by atoms with Crippen molar-refractivity contribution in [2.75, 3.05) is 26.2 Å². The quantitative estimate of drug-likeness (QED) is 0.732. The minimum absolute atomic E-state index is 0.0438. The van der Waals surface area contributed by atoms with Crippen molar-refractivity contribution in [1.82, 2.24) is 14.5 Å². The summed E-state index contributed by atoms with van der Waals surface area (Å²) >= 11 is 6.02. The van der Waals surface area contributed by atoms with Crippen LogP contribution in [0.5, 0.6) is 0 Å². The van der Waals surface area contributed by atoms with Crippen molar-refractivity contribution in [3.63, 3.8) is 0 Å². The zero-order valence-electron chi connectivity index (χ0n) is 16.8. The van der Waals surface area contributed by atoms with E-state index in [-0.39, 0.29) is 53.1 Å². The largest absolute Gasteiger partial charge is 0.340 e. The molecule has 0 aliphatic carbocycles. The fraction of sp³-hybridized carbons (Fsp3) is 0.286. The van der Waals surface area contributed by atoms with Crippen LogP contribution in [0, 0.1) is 11.3 Å². The molecule has 2 amide bonds. The van der Waals surface area contributed by atoms with Gasteiger partial charge in [0.15, 0.2) is 0 Å². The number of sulfonamides is 1. The first-order chi connectivity index (χ1) is 14.8. The molecule has 2 aromatic carbocycles. The van der Waals surface area contributed by atoms with Gasteiger partial charge < -0.3 is 10.2 Å². The number of carbonyl (C=O) groups is 2. The Morgan fingerprint density at radius 3 is 2.32 bits per heavy atom. The van der Waals surface area contributed by atoms with E-state index in [9.17, 15) is 23.3 Å². The van der Waals surface area contributed by atoms with E-state index in [0.29, 0.717) is 0 Å². The lowest BCUT2D eigenvalue weighted by atomic mass is 10.2. The van der Waals surface area contributed by atoms with E-state index in [1.54, 1.807) is 43.3 Å². The van der Waals surface area contributed by atoms with Crippen molar-refractivity contribution in [3.05, 3.63) is 64.7 Å². The number of nitriles is 1. The SMILES string of the molecule is C[C@@H](NC(=O)c1ccccc1Cl)C(=O)N1CCN(S(=O)(=O)c2ccccc2C#N)CC1. The number of carbonyl (C=O) groups excluding carboxylic acids is 2. The Morgan fingerprint density at radius 2 is 1.68 bits per heavy atom. The molecular weight excluding hydrogens is 440 g/mol. The van der Waals surface area contributed by atoms with Crippen LogP contribution in [-0.4, -0.2) is 61.7 Å². The van der Waals surface area contributed by atoms with E-state index < -0.39 is 22.0 Å². The molecule has 1 atom stereocenters. The van der Waals surface area contributed by atoms with E-state index in [2.05, 4.69) is 5.32 Å². The van der Waals surface area contributed by atoms with Crippen LogP contribution < -0.4 is 5.32 Å². The second kappa shape index (κ2) is 9.47. The van der Waals surface area contributed by atoms with Crippen LogP contribution in [0.2, 0.25) is 5.02 Å². The highest BCUT2D eigenvalue weighted by Gasteiger charge is 2.33. The summed E-state index contributed by atoms with van der Waals surface area (Å²) < 4.78 is 27.1. The summed E-state index contributed by atoms with van der Waals surface area (Å²) in [7, 11) is -3.85. The Labute approximate surface area is 186 Å². The van der Waals surface area contributed by atoms with Crippen LogP contribution in [0.3, 0.4) is 0 Å². The van der Waals surface area contributed by atoms with Crippen LogP contribution in [-0.2, 0) is 14.8 Å². The van der Waals surface area contributed by atoms with Crippen molar-refractivity contribution < 1.29 is 18.0 Å². The van der Waals surface area contributed by atoms with Crippen LogP contribution in [0.4, 0.5) is 0 Å². The van der Waals surface area contributed by atoms with Crippen molar-refractivity contribution in [2.24, 2.45) is 0 Å². The fourth-order valence-electron chi connectivity index (χ4n) is 3.33. The number of hydrogen-bond acceptors (Lipinski definition) is 5. The molecule has 10 heteroatoms. The van der Waals surface area contributed by atoms with E-state index in [1.807, 2.05) is 6.07 Å². The summed E-state index contributed by atoms with van der Waals surface area (Å²) in [4.78, 5) is 26.6. The molecule has 3 rings (SSSR count). The van der Waals surface area contributed by atoms with Gasteiger partial charge in [-0.3, -0.25) is 9.59 Å². The number of nitrogens with one attached hydrogen (secondary N) is 1. The van der Waals surface area contributed by atoms with Gasteiger partial charge in [-0.15, -0.1) is 0 Å². The van der Waals surface area contributed by atoms with E-state index in [1.165, 1.54) is 21.3 Å². The average Bonchev–Trinajstić information content (AvgIpc) is 2.78. The molecule has 1 N–H and O–H groups in total. The molecule has 1 aliphatic heterocycles. The number of amides is 2. The summed E-state index contributed by atoms with van der Waals surface area (Å²) in [5.41, 5.74) is 0.354. The predicted octanol–water partition coefficient (Wildman–Crippen LogP) is 1.86. The monoisotopic (exact) mass is 460 g/mol. The van der Waals surface area contributed by atoms with Gasteiger partial charge in [-0.05, 0) is 31.2 Å². The lowest BCUT2D eigenvalue weighted by Gasteiger charge is -2.35. The third-order valence-corrected chi connectivity index (χ3v) is 7.30. The number of halogens is 1. The maximum Gasteiger partial charge on any atom is 0.253 e. The molecule has 8 nitrogen and oxygen atoms in total. The highest BCUT2D eigenvalue weighted by Crippen LogP contribution is 2.21. The van der Waals surface area contributed by atoms with Gasteiger partial charge in [0, 0.05) is 26.2 Å². The molecule has 0 spiro atoms. The minimum Gasteiger partial charge on any atom is -0.340 e. The number of benzene rings is 2. The lowest BCUT2D eigenvalue weighted by molar-refractivity contribution is -0.134. The van der Waals surface area contributed by atoms with Crippen molar-refractivity contribution in [2.45, 2.75) is 17.9 Å². The van der Waals surface area contributed by atoms with Crippen LogP contribution >= 0.6 is 11.6 Å². The first kappa shape index (κ1) is 22.7. The van der Waals surface area contributed by atoms with Gasteiger partial charge in [0.1, 0.15) is 12.1 Å². The maximum absolute atomic E-state index is 12.9. The molecule has 0 unspecified atom stereocenters. The Hall–Kier alpha value is -2.93. The summed E-state index contributed by atoms with van der Waals surface area (Å²) in [6.07, 6.45) is 0. The van der Waals surface area contributed by atoms with Gasteiger partial charge in [0.25, 0.3) is 5.91 Å². The molecule has 1 saturated heterocycles. The lowest BCUT2D eigenvalue weighted by Crippen LogP contribution is -2.55. The Kier molecular flexibility index (Phi) is 6.95. The molecule has 0 bridgehead atoms. The molecule has 0 aromatic heterocycles. The maximum atomic E-state index is 12.9. The summed E-state index contributed by atoms with van der Waals surface area (Å²) in [5, 5.41) is 12.1. The normalized spacial score (nSPS) is 15.7. The van der Waals surface area contributed by atoms with Gasteiger partial charge in [-0.1, -0.05) is 35.9 Å². The van der Waals surface area contributed by atoms with E-state index >= 15 is 0 Å². The standard InChI is InChI=1S/C21H21ClN4O4S/c1-15(24-20(27)17-7-3-4-8-18(17)22)21(28)25-10-12-26(13-11-25)31(29,30)19-9-5-2-6-16(19)14-23/h2-9,15H,10-13H2,1H3,(H,24,27)/t15-/m1/s1. The van der Waals surface area contributed by atoms with Crippen LogP contribution in [0.1, 0.15) is 22.8 Å². The Balaban J connectivity index is 1.62. The van der Waals surface area contributed by atoms with Crippen molar-refractivity contribution in [3.8, 4) is 6.07 Å². The molecule has 162 valence electrons. The first-order valence-corrected chi connectivity index (χ1v) is 11.4. The average molecular weight is 461 g/mol. The third-order valence-electron chi connectivity index (χ3n) is 5.01. The van der Waals surface area contributed by atoms with Crippen molar-refractivity contribution >= 4 is 33.4 Å². The summed E-state index contributed by atoms with van der Waals surface area (Å²) in [5.74, 6) is -0.768. The van der Waals surface area contributed by atoms with Crippen molar-refractivity contribution in [1.29, 1.82) is 5.26 Å². The zero-order chi connectivity index (χ0) is 22.6. The van der Waals surface area contributed by atoms with Gasteiger partial charge >= 0.3 is 0 Å². The van der Waals surface area contributed by atoms with Gasteiger partial charge in [-0.25, -0.2) is 8.42 Å². The zero-order valence-corrected chi connectivity index (χ0v) is 18.4. The fourth-order valence-corrected chi connectivity index (χ4v) is 5.11. The highest BCUT2D eigenvalue weighted by molar-refractivity contribution is 7.89.